The van der Waals surface area contributed by atoms with E-state index in [4.69, 9.17) is 14.2 Å². The molecule has 6 heteroatoms. The maximum Gasteiger partial charge on any atom is 0.306 e. The molecule has 1 atom stereocenters. The van der Waals surface area contributed by atoms with Gasteiger partial charge in [0, 0.05) is 19.3 Å². The van der Waals surface area contributed by atoms with Gasteiger partial charge in [0.05, 0.1) is 0 Å². The van der Waals surface area contributed by atoms with Crippen LogP contribution in [-0.2, 0) is 28.6 Å². The summed E-state index contributed by atoms with van der Waals surface area (Å²) in [6.07, 6.45) is 72.0. The smallest absolute Gasteiger partial charge is 0.306 e. The van der Waals surface area contributed by atoms with E-state index in [0.29, 0.717) is 19.3 Å². The largest absolute Gasteiger partial charge is 0.462 e. The normalized spacial score (nSPS) is 13.1. The monoisotopic (exact) mass is 899 g/mol. The predicted molar refractivity (Wildman–Crippen MR) is 279 cm³/mol. The van der Waals surface area contributed by atoms with Gasteiger partial charge in [0.1, 0.15) is 13.2 Å². The molecule has 0 aliphatic carbocycles. The lowest BCUT2D eigenvalue weighted by atomic mass is 10.0. The van der Waals surface area contributed by atoms with Crippen molar-refractivity contribution in [2.75, 3.05) is 13.2 Å². The Morgan fingerprint density at radius 1 is 0.323 bits per heavy atom. The predicted octanol–water partition coefficient (Wildman–Crippen LogP) is 17.3. The van der Waals surface area contributed by atoms with Crippen LogP contribution in [0.5, 0.6) is 0 Å². The van der Waals surface area contributed by atoms with Gasteiger partial charge in [-0.05, 0) is 89.9 Å². The second-order valence-corrected chi connectivity index (χ2v) is 16.7. The molecule has 0 aliphatic rings. The van der Waals surface area contributed by atoms with Gasteiger partial charge in [0.15, 0.2) is 6.10 Å². The Kier molecular flexibility index (Phi) is 49.1. The molecular weight excluding hydrogens is 805 g/mol. The van der Waals surface area contributed by atoms with Crippen molar-refractivity contribution in [3.8, 4) is 0 Å². The van der Waals surface area contributed by atoms with Crippen LogP contribution in [0.4, 0.5) is 0 Å². The molecule has 0 saturated carbocycles. The van der Waals surface area contributed by atoms with Crippen molar-refractivity contribution in [1.82, 2.24) is 0 Å². The summed E-state index contributed by atoms with van der Waals surface area (Å²) in [4.78, 5) is 38.0. The zero-order valence-electron chi connectivity index (χ0n) is 41.7. The zero-order chi connectivity index (χ0) is 47.2. The molecule has 366 valence electrons. The number of esters is 3. The van der Waals surface area contributed by atoms with Gasteiger partial charge in [0.2, 0.25) is 0 Å². The second kappa shape index (κ2) is 52.4. The van der Waals surface area contributed by atoms with Gasteiger partial charge in [-0.2, -0.15) is 0 Å². The molecule has 0 saturated heterocycles. The summed E-state index contributed by atoms with van der Waals surface area (Å²) in [7, 11) is 0. The number of ether oxygens (including phenoxy) is 3. The minimum atomic E-state index is -0.842. The van der Waals surface area contributed by atoms with Crippen LogP contribution in [0.1, 0.15) is 213 Å². The summed E-state index contributed by atoms with van der Waals surface area (Å²) in [5.41, 5.74) is 0. The van der Waals surface area contributed by atoms with E-state index in [1.165, 1.54) is 70.6 Å². The summed E-state index contributed by atoms with van der Waals surface area (Å²) in [5.74, 6) is -1.08. The van der Waals surface area contributed by atoms with Crippen molar-refractivity contribution in [2.45, 2.75) is 219 Å². The van der Waals surface area contributed by atoms with Gasteiger partial charge >= 0.3 is 17.9 Å². The summed E-state index contributed by atoms with van der Waals surface area (Å²) in [6, 6.07) is 0. The van der Waals surface area contributed by atoms with Gasteiger partial charge in [-0.25, -0.2) is 0 Å². The summed E-state index contributed by atoms with van der Waals surface area (Å²) in [6.45, 7) is 6.29. The highest BCUT2D eigenvalue weighted by atomic mass is 16.6. The molecule has 0 aromatic heterocycles. The van der Waals surface area contributed by atoms with Crippen LogP contribution in [0.3, 0.4) is 0 Å². The molecule has 0 fully saturated rings. The Bertz CT molecular complexity index is 1400. The first-order valence-corrected chi connectivity index (χ1v) is 26.0. The highest BCUT2D eigenvalue weighted by molar-refractivity contribution is 5.71. The SMILES string of the molecule is CC/C=C\C/C=C\C/C=C\C/C=C\C/C=C\CCCC(=O)OCC(COC(=O)CCCCCCCCCCCCCCCC)OC(=O)CC/C=C\C/C=C\C/C=C\C/C=C\C/C=C\CC. The van der Waals surface area contributed by atoms with Crippen LogP contribution in [0.15, 0.2) is 122 Å². The molecule has 0 amide bonds. The average molecular weight is 899 g/mol. The quantitative estimate of drug-likeness (QED) is 0.0262. The van der Waals surface area contributed by atoms with Crippen molar-refractivity contribution >= 4 is 17.9 Å². The van der Waals surface area contributed by atoms with Crippen molar-refractivity contribution < 1.29 is 28.6 Å². The summed E-state index contributed by atoms with van der Waals surface area (Å²) < 4.78 is 16.7. The highest BCUT2D eigenvalue weighted by Crippen LogP contribution is 2.14. The Labute approximate surface area is 399 Å². The van der Waals surface area contributed by atoms with Gasteiger partial charge < -0.3 is 14.2 Å². The third-order valence-electron chi connectivity index (χ3n) is 10.5. The fourth-order valence-electron chi connectivity index (χ4n) is 6.64. The standard InChI is InChI=1S/C59H94O6/c1-4-7-10-13-16-19-22-25-28-30-32-34-37-40-43-46-49-52-58(61)64-55-56(54-63-57(60)51-48-45-42-39-36-33-27-24-21-18-15-12-9-6-3)65-59(62)53-50-47-44-41-38-35-31-29-26-23-20-17-14-11-8-5-2/h7-8,10-11,16-17,19-20,25-26,28-29,32,34-35,38,40,43-44,47,56H,4-6,9,12-15,18,21-24,27,30-31,33,36-37,39,41-42,45-46,48-55H2,1-3H3/b10-7-,11-8-,19-16-,20-17-,28-25-,29-26-,34-32-,38-35-,43-40-,47-44-. The molecular formula is C59H94O6. The second-order valence-electron chi connectivity index (χ2n) is 16.7. The molecule has 0 rings (SSSR count). The molecule has 0 heterocycles. The van der Waals surface area contributed by atoms with Crippen molar-refractivity contribution in [1.29, 1.82) is 0 Å². The highest BCUT2D eigenvalue weighted by Gasteiger charge is 2.19. The third-order valence-corrected chi connectivity index (χ3v) is 10.5. The molecule has 1 unspecified atom stereocenters. The fourth-order valence-corrected chi connectivity index (χ4v) is 6.64. The van der Waals surface area contributed by atoms with Crippen LogP contribution in [0, 0.1) is 0 Å². The van der Waals surface area contributed by atoms with Crippen molar-refractivity contribution in [3.63, 3.8) is 0 Å². The lowest BCUT2D eigenvalue weighted by Crippen LogP contribution is -2.30. The van der Waals surface area contributed by atoms with Crippen LogP contribution < -0.4 is 0 Å². The Morgan fingerprint density at radius 2 is 0.631 bits per heavy atom. The van der Waals surface area contributed by atoms with Crippen LogP contribution in [0.2, 0.25) is 0 Å². The van der Waals surface area contributed by atoms with Gasteiger partial charge in [-0.1, -0.05) is 226 Å². The van der Waals surface area contributed by atoms with Crippen LogP contribution in [-0.4, -0.2) is 37.2 Å². The molecule has 0 aromatic rings. The van der Waals surface area contributed by atoms with Crippen LogP contribution >= 0.6 is 0 Å². The zero-order valence-corrected chi connectivity index (χ0v) is 41.7. The topological polar surface area (TPSA) is 78.9 Å². The summed E-state index contributed by atoms with van der Waals surface area (Å²) >= 11 is 0. The molecule has 0 spiro atoms. The van der Waals surface area contributed by atoms with E-state index in [1.807, 2.05) is 12.2 Å². The van der Waals surface area contributed by atoms with E-state index in [9.17, 15) is 14.4 Å². The summed E-state index contributed by atoms with van der Waals surface area (Å²) in [5, 5.41) is 0. The van der Waals surface area contributed by atoms with Gasteiger partial charge in [-0.15, -0.1) is 0 Å². The Balaban J connectivity index is 4.60. The number of unbranched alkanes of at least 4 members (excludes halogenated alkanes) is 14. The Hall–Kier alpha value is -4.19. The first-order valence-electron chi connectivity index (χ1n) is 26.0. The van der Waals surface area contributed by atoms with E-state index in [1.54, 1.807) is 0 Å². The van der Waals surface area contributed by atoms with E-state index in [0.717, 1.165) is 89.9 Å². The molecule has 6 nitrogen and oxygen atoms in total. The number of carbonyl (C=O) groups is 3. The van der Waals surface area contributed by atoms with Crippen LogP contribution in [0.25, 0.3) is 0 Å². The number of rotatable bonds is 45. The molecule has 65 heavy (non-hydrogen) atoms. The molecule has 0 aliphatic heterocycles. The first kappa shape index (κ1) is 60.8. The lowest BCUT2D eigenvalue weighted by Gasteiger charge is -2.18. The first-order chi connectivity index (χ1) is 32.0. The van der Waals surface area contributed by atoms with E-state index >= 15 is 0 Å². The maximum absolute atomic E-state index is 12.8. The fraction of sp³-hybridized carbons (Fsp3) is 0.610. The third kappa shape index (κ3) is 50.7. The molecule has 0 aromatic carbocycles. The number of allylic oxidation sites excluding steroid dienone is 20. The van der Waals surface area contributed by atoms with E-state index in [-0.39, 0.29) is 38.0 Å². The van der Waals surface area contributed by atoms with Gasteiger partial charge in [0.25, 0.3) is 0 Å². The van der Waals surface area contributed by atoms with Crippen molar-refractivity contribution in [3.05, 3.63) is 122 Å². The molecule has 0 bridgehead atoms. The lowest BCUT2D eigenvalue weighted by molar-refractivity contribution is -0.166. The minimum absolute atomic E-state index is 0.127. The van der Waals surface area contributed by atoms with E-state index < -0.39 is 12.1 Å². The van der Waals surface area contributed by atoms with Gasteiger partial charge in [-0.3, -0.25) is 14.4 Å². The molecule has 0 radical (unpaired) electrons. The average Bonchev–Trinajstić information content (AvgIpc) is 3.30. The Morgan fingerprint density at radius 3 is 1.00 bits per heavy atom. The molecule has 0 N–H and O–H groups in total. The number of hydrogen-bond acceptors (Lipinski definition) is 6. The number of hydrogen-bond donors (Lipinski definition) is 0. The van der Waals surface area contributed by atoms with E-state index in [2.05, 4.69) is 130 Å². The maximum atomic E-state index is 12.8. The minimum Gasteiger partial charge on any atom is -0.462 e. The van der Waals surface area contributed by atoms with Crippen molar-refractivity contribution in [2.24, 2.45) is 0 Å². The number of carbonyl (C=O) groups excluding carboxylic acids is 3.